The average Bonchev–Trinajstić information content (AvgIpc) is 3.80. The molecule has 3 N–H and O–H groups in total. The summed E-state index contributed by atoms with van der Waals surface area (Å²) in [5.74, 6) is -0.800. The van der Waals surface area contributed by atoms with Crippen LogP contribution in [0.1, 0.15) is 52.7 Å². The lowest BCUT2D eigenvalue weighted by atomic mass is 9.96. The minimum Gasteiger partial charge on any atom is -0.465 e. The van der Waals surface area contributed by atoms with Crippen molar-refractivity contribution in [3.05, 3.63) is 55.1 Å². The van der Waals surface area contributed by atoms with Gasteiger partial charge in [-0.1, -0.05) is 36.4 Å². The third-order valence-electron chi connectivity index (χ3n) is 8.82. The lowest BCUT2D eigenvalue weighted by Gasteiger charge is -2.31. The number of fused-ring (bicyclic) bond motifs is 3. The normalized spacial score (nSPS) is 27.2. The smallest absolute Gasteiger partial charge is 0.459 e. The number of nitrogen functional groups attached to an aromatic ring is 1. The van der Waals surface area contributed by atoms with Crippen molar-refractivity contribution in [3.8, 4) is 5.75 Å². The molecule has 14 nitrogen and oxygen atoms in total. The van der Waals surface area contributed by atoms with E-state index in [-0.39, 0.29) is 19.0 Å². The lowest BCUT2D eigenvalue weighted by Crippen LogP contribution is -2.42. The number of carbonyl (C=O) groups is 1. The molecule has 2 saturated heterocycles. The fraction of sp³-hybridized carbons (Fsp3) is 0.484. The molecule has 1 saturated carbocycles. The topological polar surface area (TPSA) is 171 Å². The molecule has 15 heteroatoms. The zero-order chi connectivity index (χ0) is 32.1. The van der Waals surface area contributed by atoms with Crippen LogP contribution < -0.4 is 15.3 Å². The van der Waals surface area contributed by atoms with Crippen LogP contribution in [0, 0.1) is 0 Å². The van der Waals surface area contributed by atoms with Gasteiger partial charge in [0.25, 0.3) is 0 Å². The maximum Gasteiger partial charge on any atom is 0.459 e. The standard InChI is InChI=1S/C31H37N6O8P/c1-4-40-28(38)19(2)36-46(39,44-22-13-9-11-20-10-5-6-12-21(20)22)41-16-23-25-30(3,45-31(43-25)14-7-8-15-31)29(42-23)37-18-35-24-26(32)33-17-34-27(24)37/h5-6,9-13,17-19,23,25,29H,4,7-8,14-16H2,1-3H3,(H,36,39)(H2,32,33,34)/t19-,23+,25-,29+,30?,46?/m0/s1. The number of hydrogen-bond acceptors (Lipinski definition) is 12. The first kappa shape index (κ1) is 31.0. The van der Waals surface area contributed by atoms with E-state index in [1.165, 1.54) is 13.3 Å². The SMILES string of the molecule is CCOC(=O)[C@H](C)NP(=O)(OC[C@H]1O[C@@H](n2cnc3c(N)ncnc32)C2(C)OC3(CCCC3)O[C@@H]12)Oc1cccc2ccccc12. The number of imidazole rings is 1. The van der Waals surface area contributed by atoms with Crippen LogP contribution in [0.4, 0.5) is 5.82 Å². The van der Waals surface area contributed by atoms with Gasteiger partial charge in [-0.3, -0.25) is 13.9 Å². The first-order chi connectivity index (χ1) is 22.1. The van der Waals surface area contributed by atoms with E-state index in [1.807, 2.05) is 37.3 Å². The van der Waals surface area contributed by atoms with Crippen LogP contribution >= 0.6 is 7.75 Å². The average molecular weight is 653 g/mol. The molecule has 2 aromatic heterocycles. The molecule has 0 bridgehead atoms. The van der Waals surface area contributed by atoms with Crippen LogP contribution in [0.2, 0.25) is 0 Å². The molecule has 2 unspecified atom stereocenters. The van der Waals surface area contributed by atoms with Gasteiger partial charge in [-0.05, 0) is 45.1 Å². The maximum absolute atomic E-state index is 14.5. The van der Waals surface area contributed by atoms with Gasteiger partial charge in [-0.15, -0.1) is 0 Å². The number of benzene rings is 2. The molecule has 2 aromatic carbocycles. The second-order valence-corrected chi connectivity index (χ2v) is 13.7. The Labute approximate surface area is 265 Å². The highest BCUT2D eigenvalue weighted by Crippen LogP contribution is 2.56. The maximum atomic E-state index is 14.5. The van der Waals surface area contributed by atoms with E-state index in [0.29, 0.717) is 16.9 Å². The zero-order valence-corrected chi connectivity index (χ0v) is 26.7. The molecule has 1 spiro atoms. The fourth-order valence-electron chi connectivity index (χ4n) is 6.71. The number of carbonyl (C=O) groups excluding carboxylic acids is 1. The van der Waals surface area contributed by atoms with E-state index in [0.717, 1.165) is 36.5 Å². The van der Waals surface area contributed by atoms with Gasteiger partial charge < -0.3 is 29.2 Å². The highest BCUT2D eigenvalue weighted by molar-refractivity contribution is 7.52. The number of nitrogens with two attached hydrogens (primary N) is 1. The summed E-state index contributed by atoms with van der Waals surface area (Å²) in [5.41, 5.74) is 6.00. The van der Waals surface area contributed by atoms with Gasteiger partial charge in [-0.25, -0.2) is 19.5 Å². The highest BCUT2D eigenvalue weighted by Gasteiger charge is 2.67. The molecule has 4 heterocycles. The van der Waals surface area contributed by atoms with E-state index in [2.05, 4.69) is 20.0 Å². The van der Waals surface area contributed by atoms with Crippen LogP contribution in [0.5, 0.6) is 5.75 Å². The van der Waals surface area contributed by atoms with Gasteiger partial charge in [0, 0.05) is 18.2 Å². The van der Waals surface area contributed by atoms with Crippen molar-refractivity contribution in [1.29, 1.82) is 0 Å². The van der Waals surface area contributed by atoms with E-state index in [4.69, 9.17) is 33.7 Å². The van der Waals surface area contributed by atoms with Crippen molar-refractivity contribution in [2.24, 2.45) is 0 Å². The van der Waals surface area contributed by atoms with Crippen molar-refractivity contribution in [2.45, 2.75) is 82.3 Å². The minimum atomic E-state index is -4.23. The molecule has 1 aliphatic carbocycles. The summed E-state index contributed by atoms with van der Waals surface area (Å²) in [6.45, 7) is 5.11. The van der Waals surface area contributed by atoms with Crippen LogP contribution in [-0.4, -0.2) is 68.3 Å². The Kier molecular flexibility index (Phi) is 7.98. The molecule has 0 radical (unpaired) electrons. The van der Waals surface area contributed by atoms with E-state index >= 15 is 0 Å². The Hall–Kier alpha value is -3.65. The number of ether oxygens (including phenoxy) is 4. The molecule has 244 valence electrons. The third kappa shape index (κ3) is 5.42. The Morgan fingerprint density at radius 1 is 1.17 bits per heavy atom. The van der Waals surface area contributed by atoms with Crippen LogP contribution in [0.25, 0.3) is 21.9 Å². The largest absolute Gasteiger partial charge is 0.465 e. The minimum absolute atomic E-state index is 0.163. The van der Waals surface area contributed by atoms with Gasteiger partial charge in [0.15, 0.2) is 23.5 Å². The number of nitrogens with one attached hydrogen (secondary N) is 1. The number of anilines is 1. The van der Waals surface area contributed by atoms with Crippen LogP contribution in [-0.2, 0) is 32.8 Å². The monoisotopic (exact) mass is 652 g/mol. The summed E-state index contributed by atoms with van der Waals surface area (Å²) in [6, 6.07) is 12.0. The Morgan fingerprint density at radius 3 is 2.76 bits per heavy atom. The van der Waals surface area contributed by atoms with Gasteiger partial charge in [0.1, 0.15) is 41.4 Å². The molecule has 4 aromatic rings. The lowest BCUT2D eigenvalue weighted by molar-refractivity contribution is -0.231. The van der Waals surface area contributed by atoms with Crippen molar-refractivity contribution in [1.82, 2.24) is 24.6 Å². The predicted octanol–water partition coefficient (Wildman–Crippen LogP) is 4.65. The molecular formula is C31H37N6O8P. The summed E-state index contributed by atoms with van der Waals surface area (Å²) >= 11 is 0. The Balaban J connectivity index is 1.20. The zero-order valence-electron chi connectivity index (χ0n) is 25.8. The molecule has 2 aliphatic heterocycles. The first-order valence-electron chi connectivity index (χ1n) is 15.5. The fourth-order valence-corrected chi connectivity index (χ4v) is 8.23. The van der Waals surface area contributed by atoms with E-state index in [1.54, 1.807) is 30.0 Å². The van der Waals surface area contributed by atoms with Gasteiger partial charge in [0.2, 0.25) is 0 Å². The molecule has 46 heavy (non-hydrogen) atoms. The second-order valence-electron chi connectivity index (χ2n) is 12.0. The summed E-state index contributed by atoms with van der Waals surface area (Å²) < 4.78 is 53.7. The van der Waals surface area contributed by atoms with E-state index in [9.17, 15) is 9.36 Å². The van der Waals surface area contributed by atoms with Crippen molar-refractivity contribution in [2.75, 3.05) is 18.9 Å². The Morgan fingerprint density at radius 2 is 1.96 bits per heavy atom. The summed E-state index contributed by atoms with van der Waals surface area (Å²) in [7, 11) is -4.23. The summed E-state index contributed by atoms with van der Waals surface area (Å²) in [4.78, 5) is 25.5. The summed E-state index contributed by atoms with van der Waals surface area (Å²) in [5, 5.41) is 4.38. The van der Waals surface area contributed by atoms with Gasteiger partial charge in [0.05, 0.1) is 19.5 Å². The highest BCUT2D eigenvalue weighted by atomic mass is 31.2. The van der Waals surface area contributed by atoms with Gasteiger partial charge in [-0.2, -0.15) is 5.09 Å². The number of hydrogen-bond donors (Lipinski definition) is 2. The molecule has 0 amide bonds. The van der Waals surface area contributed by atoms with E-state index < -0.39 is 49.6 Å². The quantitative estimate of drug-likeness (QED) is 0.179. The number of esters is 1. The number of rotatable bonds is 10. The van der Waals surface area contributed by atoms with Crippen LogP contribution in [0.15, 0.2) is 55.1 Å². The molecule has 6 atom stereocenters. The predicted molar refractivity (Wildman–Crippen MR) is 167 cm³/mol. The summed E-state index contributed by atoms with van der Waals surface area (Å²) in [6.07, 6.45) is 4.26. The van der Waals surface area contributed by atoms with Crippen molar-refractivity contribution < 1.29 is 37.4 Å². The third-order valence-corrected chi connectivity index (χ3v) is 10.4. The number of nitrogens with zero attached hydrogens (tertiary/aromatic N) is 4. The van der Waals surface area contributed by atoms with Gasteiger partial charge >= 0.3 is 13.7 Å². The Bertz CT molecular complexity index is 1810. The van der Waals surface area contributed by atoms with Crippen molar-refractivity contribution >= 4 is 41.5 Å². The van der Waals surface area contributed by atoms with Crippen molar-refractivity contribution in [3.63, 3.8) is 0 Å². The van der Waals surface area contributed by atoms with Crippen LogP contribution in [0.3, 0.4) is 0 Å². The molecular weight excluding hydrogens is 615 g/mol. The first-order valence-corrected chi connectivity index (χ1v) is 17.0. The second kappa shape index (κ2) is 11.9. The molecule has 7 rings (SSSR count). The molecule has 3 aliphatic rings. The molecule has 3 fully saturated rings. The number of aromatic nitrogens is 4.